The van der Waals surface area contributed by atoms with E-state index >= 15 is 0 Å². The maximum absolute atomic E-state index is 6.53. The number of benzene rings is 1. The topological polar surface area (TPSA) is 9.23 Å². The third-order valence-corrected chi connectivity index (χ3v) is 5.48. The highest BCUT2D eigenvalue weighted by molar-refractivity contribution is 9.10. The maximum Gasteiger partial charge on any atom is 0.124 e. The van der Waals surface area contributed by atoms with E-state index in [-0.39, 0.29) is 5.38 Å². The molecule has 2 aromatic rings. The lowest BCUT2D eigenvalue weighted by Crippen LogP contribution is -1.96. The summed E-state index contributed by atoms with van der Waals surface area (Å²) >= 11 is 17.8. The molecule has 2 rings (SSSR count). The zero-order valence-electron chi connectivity index (χ0n) is 9.84. The van der Waals surface area contributed by atoms with E-state index in [9.17, 15) is 0 Å². The molecule has 0 aliphatic rings. The van der Waals surface area contributed by atoms with E-state index in [1.807, 2.05) is 30.5 Å². The maximum atomic E-state index is 6.53. The molecule has 1 aromatic heterocycles. The summed E-state index contributed by atoms with van der Waals surface area (Å²) in [6.45, 7) is 1.98. The first-order valence-electron chi connectivity index (χ1n) is 5.25. The molecule has 1 nitrogen and oxygen atoms in total. The van der Waals surface area contributed by atoms with Gasteiger partial charge in [-0.3, -0.25) is 0 Å². The standard InChI is InChI=1S/C13H11BrCl2OS/c1-7-6-18-13(11(7)15)12(16)9-5-8(14)3-4-10(9)17-2/h3-6,12H,1-2H3. The molecule has 1 unspecified atom stereocenters. The summed E-state index contributed by atoms with van der Waals surface area (Å²) in [6.07, 6.45) is 0. The molecule has 5 heteroatoms. The number of ether oxygens (including phenoxy) is 1. The second-order valence-corrected chi connectivity index (χ2v) is 6.49. The summed E-state index contributed by atoms with van der Waals surface area (Å²) in [4.78, 5) is 0.951. The zero-order valence-corrected chi connectivity index (χ0v) is 13.8. The minimum atomic E-state index is -0.302. The largest absolute Gasteiger partial charge is 0.496 e. The van der Waals surface area contributed by atoms with Crippen molar-refractivity contribution in [2.24, 2.45) is 0 Å². The van der Waals surface area contributed by atoms with Crippen LogP contribution in [0.5, 0.6) is 5.75 Å². The second-order valence-electron chi connectivity index (χ2n) is 3.85. The molecule has 0 saturated heterocycles. The van der Waals surface area contributed by atoms with Crippen LogP contribution in [0.15, 0.2) is 28.1 Å². The third kappa shape index (κ3) is 2.69. The Morgan fingerprint density at radius 1 is 1.39 bits per heavy atom. The first kappa shape index (κ1) is 14.2. The number of rotatable bonds is 3. The summed E-state index contributed by atoms with van der Waals surface area (Å²) in [5.41, 5.74) is 1.97. The molecule has 0 amide bonds. The van der Waals surface area contributed by atoms with Crippen molar-refractivity contribution in [2.75, 3.05) is 7.11 Å². The summed E-state index contributed by atoms with van der Waals surface area (Å²) in [5.74, 6) is 0.764. The summed E-state index contributed by atoms with van der Waals surface area (Å²) in [5, 5.41) is 2.45. The SMILES string of the molecule is COc1ccc(Br)cc1C(Cl)c1scc(C)c1Cl. The number of aryl methyl sites for hydroxylation is 1. The summed E-state index contributed by atoms with van der Waals surface area (Å²) in [7, 11) is 1.64. The van der Waals surface area contributed by atoms with Gasteiger partial charge in [-0.2, -0.15) is 0 Å². The Balaban J connectivity index is 2.48. The molecule has 0 aliphatic heterocycles. The van der Waals surface area contributed by atoms with Crippen LogP contribution in [0.1, 0.15) is 21.4 Å². The number of hydrogen-bond donors (Lipinski definition) is 0. The number of thiophene rings is 1. The Kier molecular flexibility index (Phi) is 4.59. The normalized spacial score (nSPS) is 12.5. The van der Waals surface area contributed by atoms with E-state index in [0.717, 1.165) is 31.2 Å². The average Bonchev–Trinajstić information content (AvgIpc) is 2.69. The van der Waals surface area contributed by atoms with Gasteiger partial charge in [0.2, 0.25) is 0 Å². The van der Waals surface area contributed by atoms with Gasteiger partial charge in [0, 0.05) is 14.9 Å². The molecule has 0 fully saturated rings. The van der Waals surface area contributed by atoms with Crippen LogP contribution in [-0.2, 0) is 0 Å². The van der Waals surface area contributed by atoms with E-state index in [2.05, 4.69) is 15.9 Å². The quantitative estimate of drug-likeness (QED) is 0.623. The van der Waals surface area contributed by atoms with Crippen LogP contribution in [0.3, 0.4) is 0 Å². The van der Waals surface area contributed by atoms with Crippen molar-refractivity contribution in [2.45, 2.75) is 12.3 Å². The highest BCUT2D eigenvalue weighted by Crippen LogP contribution is 2.43. The van der Waals surface area contributed by atoms with Gasteiger partial charge in [-0.15, -0.1) is 22.9 Å². The molecule has 0 spiro atoms. The molecule has 0 aliphatic carbocycles. The minimum absolute atomic E-state index is 0.302. The fourth-order valence-corrected chi connectivity index (χ4v) is 3.83. The second kappa shape index (κ2) is 5.83. The van der Waals surface area contributed by atoms with Crippen molar-refractivity contribution in [1.82, 2.24) is 0 Å². The number of hydrogen-bond acceptors (Lipinski definition) is 2. The monoisotopic (exact) mass is 364 g/mol. The van der Waals surface area contributed by atoms with Gasteiger partial charge in [0.05, 0.1) is 17.5 Å². The molecular weight excluding hydrogens is 355 g/mol. The van der Waals surface area contributed by atoms with E-state index in [1.54, 1.807) is 18.4 Å². The van der Waals surface area contributed by atoms with Gasteiger partial charge in [0.1, 0.15) is 5.75 Å². The van der Waals surface area contributed by atoms with Crippen LogP contribution in [0, 0.1) is 6.92 Å². The van der Waals surface area contributed by atoms with Crippen molar-refractivity contribution in [3.63, 3.8) is 0 Å². The highest BCUT2D eigenvalue weighted by Gasteiger charge is 2.21. The van der Waals surface area contributed by atoms with Gasteiger partial charge >= 0.3 is 0 Å². The van der Waals surface area contributed by atoms with Crippen molar-refractivity contribution in [3.05, 3.63) is 49.1 Å². The van der Waals surface area contributed by atoms with E-state index in [4.69, 9.17) is 27.9 Å². The van der Waals surface area contributed by atoms with Crippen LogP contribution in [0.2, 0.25) is 5.02 Å². The lowest BCUT2D eigenvalue weighted by molar-refractivity contribution is 0.410. The lowest BCUT2D eigenvalue weighted by Gasteiger charge is -2.14. The number of methoxy groups -OCH3 is 1. The molecular formula is C13H11BrCl2OS. The molecule has 18 heavy (non-hydrogen) atoms. The molecule has 1 heterocycles. The van der Waals surface area contributed by atoms with Crippen molar-refractivity contribution in [1.29, 1.82) is 0 Å². The van der Waals surface area contributed by atoms with Crippen LogP contribution >= 0.6 is 50.5 Å². The summed E-state index contributed by atoms with van der Waals surface area (Å²) in [6, 6.07) is 5.78. The van der Waals surface area contributed by atoms with Crippen LogP contribution in [0.25, 0.3) is 0 Å². The predicted octanol–water partition coefficient (Wildman–Crippen LogP) is 5.81. The Labute approximate surface area is 129 Å². The van der Waals surface area contributed by atoms with Gasteiger partial charge in [-0.1, -0.05) is 27.5 Å². The minimum Gasteiger partial charge on any atom is -0.496 e. The molecule has 0 N–H and O–H groups in total. The fourth-order valence-electron chi connectivity index (χ4n) is 1.67. The van der Waals surface area contributed by atoms with Gasteiger partial charge in [0.15, 0.2) is 0 Å². The smallest absolute Gasteiger partial charge is 0.124 e. The highest BCUT2D eigenvalue weighted by atomic mass is 79.9. The van der Waals surface area contributed by atoms with Crippen molar-refractivity contribution >= 4 is 50.5 Å². The Hall–Kier alpha value is -0.220. The molecule has 1 aromatic carbocycles. The van der Waals surface area contributed by atoms with Crippen molar-refractivity contribution in [3.8, 4) is 5.75 Å². The Morgan fingerprint density at radius 3 is 2.67 bits per heavy atom. The lowest BCUT2D eigenvalue weighted by atomic mass is 10.1. The Morgan fingerprint density at radius 2 is 2.11 bits per heavy atom. The van der Waals surface area contributed by atoms with Crippen molar-refractivity contribution < 1.29 is 4.74 Å². The summed E-state index contributed by atoms with van der Waals surface area (Å²) < 4.78 is 6.31. The van der Waals surface area contributed by atoms with Gasteiger partial charge < -0.3 is 4.74 Å². The first-order chi connectivity index (χ1) is 8.54. The van der Waals surface area contributed by atoms with Crippen LogP contribution < -0.4 is 4.74 Å². The number of alkyl halides is 1. The molecule has 96 valence electrons. The first-order valence-corrected chi connectivity index (χ1v) is 7.74. The van der Waals surface area contributed by atoms with E-state index < -0.39 is 0 Å². The van der Waals surface area contributed by atoms with E-state index in [0.29, 0.717) is 0 Å². The third-order valence-electron chi connectivity index (χ3n) is 2.62. The molecule has 0 radical (unpaired) electrons. The average molecular weight is 366 g/mol. The predicted molar refractivity (Wildman–Crippen MR) is 82.5 cm³/mol. The van der Waals surface area contributed by atoms with Gasteiger partial charge in [0.25, 0.3) is 0 Å². The van der Waals surface area contributed by atoms with Crippen LogP contribution in [0.4, 0.5) is 0 Å². The number of halogens is 3. The van der Waals surface area contributed by atoms with Gasteiger partial charge in [-0.25, -0.2) is 0 Å². The fraction of sp³-hybridized carbons (Fsp3) is 0.231. The zero-order chi connectivity index (χ0) is 13.3. The Bertz CT molecular complexity index is 568. The molecule has 1 atom stereocenters. The molecule has 0 bridgehead atoms. The molecule has 0 saturated carbocycles. The van der Waals surface area contributed by atoms with Crippen LogP contribution in [-0.4, -0.2) is 7.11 Å². The van der Waals surface area contributed by atoms with Gasteiger partial charge in [-0.05, 0) is 36.1 Å². The van der Waals surface area contributed by atoms with E-state index in [1.165, 1.54) is 0 Å².